The van der Waals surface area contributed by atoms with Gasteiger partial charge in [0.25, 0.3) is 0 Å². The van der Waals surface area contributed by atoms with Crippen molar-refractivity contribution >= 4 is 11.0 Å². The molecule has 0 saturated heterocycles. The minimum atomic E-state index is 0.469. The third kappa shape index (κ3) is 6.08. The topological polar surface area (TPSA) is 77.7 Å². The number of fused-ring (bicyclic) bond motifs is 1. The van der Waals surface area contributed by atoms with Crippen LogP contribution < -0.4 is 16.0 Å². The van der Waals surface area contributed by atoms with Crippen molar-refractivity contribution in [2.24, 2.45) is 0 Å². The number of aromatic nitrogens is 3. The predicted molar refractivity (Wildman–Crippen MR) is 137 cm³/mol. The third-order valence-electron chi connectivity index (χ3n) is 6.69. The second-order valence-electron chi connectivity index (χ2n) is 9.20. The summed E-state index contributed by atoms with van der Waals surface area (Å²) in [6.07, 6.45) is 6.84. The average molecular weight is 455 g/mol. The molecular formula is C28H34N6. The molecule has 176 valence electrons. The van der Waals surface area contributed by atoms with Gasteiger partial charge in [-0.2, -0.15) is 0 Å². The number of imidazole rings is 1. The van der Waals surface area contributed by atoms with Gasteiger partial charge in [-0.05, 0) is 48.2 Å². The van der Waals surface area contributed by atoms with Crippen molar-refractivity contribution in [2.45, 2.75) is 63.9 Å². The minimum Gasteiger partial charge on any atom is -0.341 e. The van der Waals surface area contributed by atoms with E-state index in [1.54, 1.807) is 0 Å². The number of nitrogens with one attached hydrogen (secondary N) is 4. The van der Waals surface area contributed by atoms with Gasteiger partial charge in [-0.25, -0.2) is 4.98 Å². The van der Waals surface area contributed by atoms with E-state index in [4.69, 9.17) is 4.98 Å². The second kappa shape index (κ2) is 11.4. The number of H-pyrrole nitrogens is 1. The molecule has 6 heteroatoms. The zero-order chi connectivity index (χ0) is 23.0. The molecule has 2 heterocycles. The zero-order valence-corrected chi connectivity index (χ0v) is 19.6. The van der Waals surface area contributed by atoms with Crippen LogP contribution in [-0.4, -0.2) is 27.0 Å². The predicted octanol–water partition coefficient (Wildman–Crippen LogP) is 4.44. The molecule has 4 N–H and O–H groups in total. The van der Waals surface area contributed by atoms with Gasteiger partial charge in [0.05, 0.1) is 23.3 Å². The molecule has 0 radical (unpaired) electrons. The van der Waals surface area contributed by atoms with E-state index in [-0.39, 0.29) is 0 Å². The van der Waals surface area contributed by atoms with Crippen molar-refractivity contribution in [3.63, 3.8) is 0 Å². The summed E-state index contributed by atoms with van der Waals surface area (Å²) in [5.41, 5.74) is 5.83. The molecule has 6 nitrogen and oxygen atoms in total. The van der Waals surface area contributed by atoms with Gasteiger partial charge in [0.1, 0.15) is 5.82 Å². The Morgan fingerprint density at radius 1 is 0.735 bits per heavy atom. The Labute approximate surface area is 201 Å². The summed E-state index contributed by atoms with van der Waals surface area (Å²) in [4.78, 5) is 12.5. The van der Waals surface area contributed by atoms with E-state index in [9.17, 15) is 0 Å². The summed E-state index contributed by atoms with van der Waals surface area (Å²) in [7, 11) is 0. The minimum absolute atomic E-state index is 0.469. The monoisotopic (exact) mass is 454 g/mol. The molecule has 0 spiro atoms. The van der Waals surface area contributed by atoms with E-state index in [0.29, 0.717) is 12.1 Å². The molecule has 1 aliphatic carbocycles. The highest BCUT2D eigenvalue weighted by Crippen LogP contribution is 2.20. The first-order valence-corrected chi connectivity index (χ1v) is 12.4. The third-order valence-corrected chi connectivity index (χ3v) is 6.69. The van der Waals surface area contributed by atoms with Gasteiger partial charge in [0.15, 0.2) is 0 Å². The quantitative estimate of drug-likeness (QED) is 0.285. The van der Waals surface area contributed by atoms with Crippen LogP contribution in [0.2, 0.25) is 0 Å². The maximum Gasteiger partial charge on any atom is 0.121 e. The lowest BCUT2D eigenvalue weighted by molar-refractivity contribution is 0.280. The van der Waals surface area contributed by atoms with Crippen LogP contribution in [0.15, 0.2) is 72.9 Å². The number of hydrogen-bond donors (Lipinski definition) is 4. The molecule has 2 atom stereocenters. The summed E-state index contributed by atoms with van der Waals surface area (Å²) < 4.78 is 0. The van der Waals surface area contributed by atoms with Gasteiger partial charge in [-0.3, -0.25) is 4.98 Å². The van der Waals surface area contributed by atoms with E-state index in [1.807, 2.05) is 36.5 Å². The smallest absolute Gasteiger partial charge is 0.121 e. The largest absolute Gasteiger partial charge is 0.341 e. The Morgan fingerprint density at radius 3 is 2.18 bits per heavy atom. The second-order valence-corrected chi connectivity index (χ2v) is 9.20. The molecular weight excluding hydrogens is 420 g/mol. The molecule has 2 aromatic carbocycles. The van der Waals surface area contributed by atoms with Crippen molar-refractivity contribution in [1.29, 1.82) is 0 Å². The number of nitrogens with zero attached hydrogens (tertiary/aromatic N) is 2. The van der Waals surface area contributed by atoms with E-state index >= 15 is 0 Å². The summed E-state index contributed by atoms with van der Waals surface area (Å²) in [5.74, 6) is 1.01. The van der Waals surface area contributed by atoms with Gasteiger partial charge in [-0.1, -0.05) is 55.3 Å². The highest BCUT2D eigenvalue weighted by atomic mass is 15.1. The molecule has 0 amide bonds. The van der Waals surface area contributed by atoms with E-state index in [2.05, 4.69) is 62.3 Å². The Bertz CT molecular complexity index is 1120. The molecule has 0 bridgehead atoms. The lowest BCUT2D eigenvalue weighted by atomic mass is 9.90. The van der Waals surface area contributed by atoms with Gasteiger partial charge in [0, 0.05) is 37.9 Å². The number of pyridine rings is 1. The standard InChI is InChI=1S/C28H34N6/c1-2-9-25(32-20-28-33-26-10-3-4-11-27(26)34-28)24(8-1)31-18-22-14-12-21(13-15-22)17-29-19-23-7-5-6-16-30-23/h3-7,10-16,24-25,29,31-32H,1-2,8-9,17-20H2,(H,33,34)/t24-,25?/m1/s1. The number of benzene rings is 2. The fourth-order valence-corrected chi connectivity index (χ4v) is 4.80. The average Bonchev–Trinajstić information content (AvgIpc) is 3.31. The summed E-state index contributed by atoms with van der Waals surface area (Å²) in [6.45, 7) is 3.31. The Hall–Kier alpha value is -3.06. The Morgan fingerprint density at radius 2 is 1.44 bits per heavy atom. The first-order chi connectivity index (χ1) is 16.8. The SMILES string of the molecule is c1ccc(CNCc2ccc(CN[C@@H]3CCCCC3NCc3nc4ccccc4[nH]3)cc2)nc1. The fourth-order valence-electron chi connectivity index (χ4n) is 4.80. The van der Waals surface area contributed by atoms with Gasteiger partial charge in [0.2, 0.25) is 0 Å². The van der Waals surface area contributed by atoms with Crippen molar-refractivity contribution in [2.75, 3.05) is 0 Å². The molecule has 1 fully saturated rings. The van der Waals surface area contributed by atoms with E-state index in [1.165, 1.54) is 36.8 Å². The zero-order valence-electron chi connectivity index (χ0n) is 19.6. The van der Waals surface area contributed by atoms with Crippen LogP contribution in [-0.2, 0) is 26.2 Å². The molecule has 1 aliphatic rings. The van der Waals surface area contributed by atoms with Crippen LogP contribution in [0, 0.1) is 0 Å². The normalized spacial score (nSPS) is 18.4. The number of para-hydroxylation sites is 2. The molecule has 34 heavy (non-hydrogen) atoms. The van der Waals surface area contributed by atoms with Gasteiger partial charge in [-0.15, -0.1) is 0 Å². The summed E-state index contributed by atoms with van der Waals surface area (Å²) in [6, 6.07) is 24.1. The molecule has 4 aromatic rings. The van der Waals surface area contributed by atoms with Crippen LogP contribution in [0.3, 0.4) is 0 Å². The number of rotatable bonds is 10. The number of hydrogen-bond acceptors (Lipinski definition) is 5. The molecule has 1 unspecified atom stereocenters. The molecule has 0 aliphatic heterocycles. The Kier molecular flexibility index (Phi) is 7.60. The van der Waals surface area contributed by atoms with Crippen molar-refractivity contribution in [3.05, 3.63) is 95.6 Å². The van der Waals surface area contributed by atoms with Crippen LogP contribution in [0.5, 0.6) is 0 Å². The number of aromatic amines is 1. The highest BCUT2D eigenvalue weighted by Gasteiger charge is 2.24. The maximum absolute atomic E-state index is 4.72. The van der Waals surface area contributed by atoms with Crippen LogP contribution in [0.1, 0.15) is 48.3 Å². The summed E-state index contributed by atoms with van der Waals surface area (Å²) >= 11 is 0. The first kappa shape index (κ1) is 22.7. The van der Waals surface area contributed by atoms with E-state index < -0.39 is 0 Å². The molecule has 1 saturated carbocycles. The van der Waals surface area contributed by atoms with Crippen molar-refractivity contribution < 1.29 is 0 Å². The van der Waals surface area contributed by atoms with Crippen molar-refractivity contribution in [1.82, 2.24) is 30.9 Å². The van der Waals surface area contributed by atoms with Gasteiger partial charge >= 0.3 is 0 Å². The van der Waals surface area contributed by atoms with Crippen LogP contribution >= 0.6 is 0 Å². The van der Waals surface area contributed by atoms with Crippen molar-refractivity contribution in [3.8, 4) is 0 Å². The van der Waals surface area contributed by atoms with Gasteiger partial charge < -0.3 is 20.9 Å². The lowest BCUT2D eigenvalue weighted by Crippen LogP contribution is -2.49. The Balaban J connectivity index is 1.09. The maximum atomic E-state index is 4.72. The first-order valence-electron chi connectivity index (χ1n) is 12.4. The molecule has 5 rings (SSSR count). The fraction of sp³-hybridized carbons (Fsp3) is 0.357. The van der Waals surface area contributed by atoms with Crippen LogP contribution in [0.25, 0.3) is 11.0 Å². The molecule has 2 aromatic heterocycles. The summed E-state index contributed by atoms with van der Waals surface area (Å²) in [5, 5.41) is 11.0. The lowest BCUT2D eigenvalue weighted by Gasteiger charge is -2.33. The highest BCUT2D eigenvalue weighted by molar-refractivity contribution is 5.74. The van der Waals surface area contributed by atoms with Crippen LogP contribution in [0.4, 0.5) is 0 Å². The van der Waals surface area contributed by atoms with E-state index in [0.717, 1.165) is 48.7 Å².